The first-order chi connectivity index (χ1) is 11.6. The molecule has 24 heavy (non-hydrogen) atoms. The molecule has 3 aromatic rings. The molecule has 1 heterocycles. The number of ether oxygens (including phenoxy) is 1. The Labute approximate surface area is 162 Å². The molecule has 0 aliphatic rings. The molecule has 0 aliphatic heterocycles. The molecule has 0 saturated carbocycles. The topological polar surface area (TPSA) is 68.1 Å². The van der Waals surface area contributed by atoms with Gasteiger partial charge in [-0.15, -0.1) is 9.80 Å². The molecule has 3 rings (SSSR count). The molecule has 1 aromatic heterocycles. The summed E-state index contributed by atoms with van der Waals surface area (Å²) in [6.45, 7) is 0. The van der Waals surface area contributed by atoms with Gasteiger partial charge in [0.25, 0.3) is 0 Å². The number of amides is 1. The van der Waals surface area contributed by atoms with Gasteiger partial charge >= 0.3 is 0 Å². The van der Waals surface area contributed by atoms with E-state index in [1.165, 1.54) is 0 Å². The average molecular weight is 475 g/mol. The Kier molecular flexibility index (Phi) is 7.26. The standard InChI is InChI=1S/C17H15ClN2O2.HIS/c18-14-7-8-15-13(10-11(20-15)6-9-16(19)21)17(14)22-12-4-2-1-3-5-12;1-2/h1-5,7-8,10,20H,6,9H2,(H2,19,21);2H. The number of carbonyl (C=O) groups is 1. The van der Waals surface area contributed by atoms with E-state index in [0.29, 0.717) is 23.6 Å². The number of primary amides is 1. The van der Waals surface area contributed by atoms with Crippen LogP contribution in [-0.2, 0) is 11.2 Å². The number of H-pyrrole nitrogens is 1. The molecule has 0 fully saturated rings. The third kappa shape index (κ3) is 4.81. The summed E-state index contributed by atoms with van der Waals surface area (Å²) in [7, 11) is 3.50. The largest absolute Gasteiger partial charge is 0.455 e. The zero-order valence-corrected chi connectivity index (χ0v) is 16.4. The van der Waals surface area contributed by atoms with E-state index >= 15 is 0 Å². The Hall–Kier alpha value is -1.38. The lowest BCUT2D eigenvalue weighted by Gasteiger charge is -2.08. The summed E-state index contributed by atoms with van der Waals surface area (Å²) in [5.41, 5.74) is 7.03. The fourth-order valence-corrected chi connectivity index (χ4v) is 2.51. The molecular formula is C17H16ClIN2O2S. The van der Waals surface area contributed by atoms with Crippen molar-refractivity contribution < 1.29 is 9.53 Å². The van der Waals surface area contributed by atoms with Crippen LogP contribution in [0.5, 0.6) is 11.5 Å². The third-order valence-electron chi connectivity index (χ3n) is 3.37. The van der Waals surface area contributed by atoms with Gasteiger partial charge in [-0.3, -0.25) is 4.79 Å². The Balaban J connectivity index is 0.00000100. The number of halogens is 2. The van der Waals surface area contributed by atoms with Crippen LogP contribution in [0, 0.1) is 0 Å². The lowest BCUT2D eigenvalue weighted by molar-refractivity contribution is -0.118. The second kappa shape index (κ2) is 9.19. The zero-order chi connectivity index (χ0) is 17.5. The molecule has 0 spiro atoms. The number of aromatic amines is 1. The zero-order valence-electron chi connectivity index (χ0n) is 12.6. The van der Waals surface area contributed by atoms with Crippen LogP contribution in [0.1, 0.15) is 12.1 Å². The van der Waals surface area contributed by atoms with E-state index in [1.807, 2.05) is 63.7 Å². The van der Waals surface area contributed by atoms with E-state index in [-0.39, 0.29) is 5.91 Å². The van der Waals surface area contributed by atoms with Crippen molar-refractivity contribution >= 4 is 59.4 Å². The van der Waals surface area contributed by atoms with Crippen molar-refractivity contribution in [3.05, 3.63) is 59.2 Å². The summed E-state index contributed by atoms with van der Waals surface area (Å²) in [4.78, 5) is 14.2. The summed E-state index contributed by atoms with van der Waals surface area (Å²) >= 11 is 8.12. The van der Waals surface area contributed by atoms with Gasteiger partial charge in [-0.2, -0.15) is 0 Å². The van der Waals surface area contributed by atoms with Crippen LogP contribution in [-0.4, -0.2) is 10.9 Å². The second-order valence-corrected chi connectivity index (χ2v) is 5.42. The predicted octanol–water partition coefficient (Wildman–Crippen LogP) is 5.30. The molecule has 126 valence electrons. The summed E-state index contributed by atoms with van der Waals surface area (Å²) in [5.74, 6) is 1.00. The first-order valence-electron chi connectivity index (χ1n) is 7.11. The highest BCUT2D eigenvalue weighted by Crippen LogP contribution is 2.37. The highest BCUT2D eigenvalue weighted by molar-refractivity contribution is 14.2. The minimum Gasteiger partial charge on any atom is -0.455 e. The summed E-state index contributed by atoms with van der Waals surface area (Å²) < 4.78 is 5.92. The van der Waals surface area contributed by atoms with Crippen molar-refractivity contribution in [2.24, 2.45) is 5.73 Å². The lowest BCUT2D eigenvalue weighted by Crippen LogP contribution is -2.11. The van der Waals surface area contributed by atoms with Crippen molar-refractivity contribution in [1.82, 2.24) is 4.98 Å². The fourth-order valence-electron chi connectivity index (χ4n) is 2.31. The number of nitrogens with one attached hydrogen (secondary N) is 1. The number of hydrogen-bond acceptors (Lipinski definition) is 3. The van der Waals surface area contributed by atoms with Crippen LogP contribution >= 0.6 is 42.6 Å². The number of aryl methyl sites for hydroxylation is 1. The van der Waals surface area contributed by atoms with E-state index in [0.717, 1.165) is 22.3 Å². The van der Waals surface area contributed by atoms with Crippen LogP contribution in [0.2, 0.25) is 5.02 Å². The SMILES string of the molecule is NC(=O)CCc1cc2c(Oc3ccccc3)c(Cl)ccc2[nH]1.SI. The van der Waals surface area contributed by atoms with Gasteiger partial charge in [0.15, 0.2) is 5.75 Å². The highest BCUT2D eigenvalue weighted by atomic mass is 127. The van der Waals surface area contributed by atoms with Gasteiger partial charge in [-0.1, -0.05) is 29.8 Å². The molecule has 3 N–H and O–H groups in total. The molecule has 7 heteroatoms. The first kappa shape index (κ1) is 19.0. The van der Waals surface area contributed by atoms with Crippen molar-refractivity contribution in [3.63, 3.8) is 0 Å². The fraction of sp³-hybridized carbons (Fsp3) is 0.118. The van der Waals surface area contributed by atoms with Gasteiger partial charge in [0.2, 0.25) is 5.91 Å². The Morgan fingerprint density at radius 2 is 1.92 bits per heavy atom. The van der Waals surface area contributed by atoms with Crippen LogP contribution in [0.15, 0.2) is 48.5 Å². The maximum atomic E-state index is 10.9. The Morgan fingerprint density at radius 1 is 1.21 bits per heavy atom. The van der Waals surface area contributed by atoms with Gasteiger partial charge in [0.05, 0.1) is 5.02 Å². The predicted molar refractivity (Wildman–Crippen MR) is 110 cm³/mol. The van der Waals surface area contributed by atoms with Crippen LogP contribution in [0.25, 0.3) is 10.9 Å². The van der Waals surface area contributed by atoms with Gasteiger partial charge in [-0.05, 0) is 58.0 Å². The molecule has 0 unspecified atom stereocenters. The molecule has 0 atom stereocenters. The van der Waals surface area contributed by atoms with E-state index in [1.54, 1.807) is 6.07 Å². The summed E-state index contributed by atoms with van der Waals surface area (Å²) in [6, 6.07) is 15.1. The number of hydrogen-bond donors (Lipinski definition) is 3. The van der Waals surface area contributed by atoms with Gasteiger partial charge in [-0.25, -0.2) is 0 Å². The van der Waals surface area contributed by atoms with Crippen LogP contribution in [0.4, 0.5) is 0 Å². The molecule has 1 amide bonds. The van der Waals surface area contributed by atoms with Gasteiger partial charge in [0, 0.05) is 23.0 Å². The maximum absolute atomic E-state index is 10.9. The van der Waals surface area contributed by atoms with Crippen LogP contribution in [0.3, 0.4) is 0 Å². The number of benzene rings is 2. The van der Waals surface area contributed by atoms with Gasteiger partial charge < -0.3 is 15.5 Å². The Bertz CT molecular complexity index is 824. The number of carbonyl (C=O) groups excluding carboxylic acids is 1. The summed E-state index contributed by atoms with van der Waals surface area (Å²) in [5, 5.41) is 1.42. The number of nitrogens with two attached hydrogens (primary N) is 1. The Morgan fingerprint density at radius 3 is 2.58 bits per heavy atom. The van der Waals surface area contributed by atoms with E-state index < -0.39 is 0 Å². The lowest BCUT2D eigenvalue weighted by atomic mass is 10.2. The average Bonchev–Trinajstić information content (AvgIpc) is 3.02. The van der Waals surface area contributed by atoms with Crippen molar-refractivity contribution in [3.8, 4) is 11.5 Å². The van der Waals surface area contributed by atoms with E-state index in [9.17, 15) is 4.79 Å². The third-order valence-corrected chi connectivity index (χ3v) is 3.66. The quantitative estimate of drug-likeness (QED) is 0.347. The normalized spacial score (nSPS) is 10.1. The molecule has 0 radical (unpaired) electrons. The number of rotatable bonds is 5. The van der Waals surface area contributed by atoms with E-state index in [4.69, 9.17) is 22.1 Å². The molecular weight excluding hydrogens is 459 g/mol. The molecule has 0 bridgehead atoms. The van der Waals surface area contributed by atoms with E-state index in [2.05, 4.69) is 14.8 Å². The number of aromatic nitrogens is 1. The number of fused-ring (bicyclic) bond motifs is 1. The van der Waals surface area contributed by atoms with Crippen molar-refractivity contribution in [2.75, 3.05) is 0 Å². The van der Waals surface area contributed by atoms with Crippen molar-refractivity contribution in [2.45, 2.75) is 12.8 Å². The minimum atomic E-state index is -0.322. The molecule has 2 aromatic carbocycles. The molecule has 4 nitrogen and oxygen atoms in total. The number of thiol groups is 1. The van der Waals surface area contributed by atoms with Crippen molar-refractivity contribution in [1.29, 1.82) is 0 Å². The smallest absolute Gasteiger partial charge is 0.217 e. The first-order valence-corrected chi connectivity index (χ1v) is 10.7. The van der Waals surface area contributed by atoms with Crippen LogP contribution < -0.4 is 10.5 Å². The van der Waals surface area contributed by atoms with Gasteiger partial charge in [0.1, 0.15) is 5.75 Å². The second-order valence-electron chi connectivity index (χ2n) is 5.01. The molecule has 0 aliphatic carbocycles. The maximum Gasteiger partial charge on any atom is 0.217 e. The minimum absolute atomic E-state index is 0.301. The summed E-state index contributed by atoms with van der Waals surface area (Å²) in [6.07, 6.45) is 0.863. The molecule has 0 saturated heterocycles. The highest BCUT2D eigenvalue weighted by Gasteiger charge is 2.12. The monoisotopic (exact) mass is 474 g/mol. The number of para-hydroxylation sites is 1.